The number of rotatable bonds is 9. The number of aromatic nitrogens is 3. The lowest BCUT2D eigenvalue weighted by Gasteiger charge is -2.33. The van der Waals surface area contributed by atoms with E-state index in [1.807, 2.05) is 0 Å². The van der Waals surface area contributed by atoms with Crippen LogP contribution in [0.5, 0.6) is 0 Å². The summed E-state index contributed by atoms with van der Waals surface area (Å²) < 4.78 is 0. The lowest BCUT2D eigenvalue weighted by Crippen LogP contribution is -2.28. The van der Waals surface area contributed by atoms with Crippen LogP contribution < -0.4 is 0 Å². The van der Waals surface area contributed by atoms with Crippen LogP contribution >= 0.6 is 0 Å². The van der Waals surface area contributed by atoms with Crippen LogP contribution in [0.4, 0.5) is 0 Å². The predicted octanol–water partition coefficient (Wildman–Crippen LogP) is 15.9. The van der Waals surface area contributed by atoms with Crippen molar-refractivity contribution in [1.29, 1.82) is 0 Å². The number of fused-ring (bicyclic) bond motifs is 3. The van der Waals surface area contributed by atoms with Gasteiger partial charge in [0.25, 0.3) is 0 Å². The van der Waals surface area contributed by atoms with Gasteiger partial charge in [-0.1, -0.05) is 224 Å². The van der Waals surface area contributed by atoms with Crippen molar-refractivity contribution in [2.45, 2.75) is 5.41 Å². The van der Waals surface area contributed by atoms with Crippen LogP contribution in [0.15, 0.2) is 261 Å². The normalized spacial score (nSPS) is 12.3. The van der Waals surface area contributed by atoms with E-state index in [-0.39, 0.29) is 0 Å². The van der Waals surface area contributed by atoms with Gasteiger partial charge in [0.05, 0.1) is 5.41 Å². The summed E-state index contributed by atoms with van der Waals surface area (Å²) in [5.74, 6) is 1.81. The molecule has 0 N–H and O–H groups in total. The predicted molar refractivity (Wildman–Crippen MR) is 275 cm³/mol. The smallest absolute Gasteiger partial charge is 0.164 e. The van der Waals surface area contributed by atoms with Gasteiger partial charge in [-0.05, 0) is 114 Å². The molecule has 1 aromatic heterocycles. The molecule has 1 aliphatic carbocycles. The molecule has 0 saturated heterocycles. The van der Waals surface area contributed by atoms with Crippen LogP contribution in [0.25, 0.3) is 89.8 Å². The zero-order chi connectivity index (χ0) is 44.6. The molecule has 0 radical (unpaired) electrons. The second kappa shape index (κ2) is 17.0. The third-order valence-corrected chi connectivity index (χ3v) is 13.2. The van der Waals surface area contributed by atoms with Gasteiger partial charge in [-0.25, -0.2) is 15.0 Å². The van der Waals surface area contributed by atoms with Gasteiger partial charge in [-0.3, -0.25) is 0 Å². The standard InChI is InChI=1S/C64H43N3/c1-7-22-44(23-8-1)48-38-49(45-24-9-2-10-25-45)41-52(40-48)61-65-62(53-42-50(46-26-11-3-12-27-46)39-51(43-53)47-28-13-4-14-29-47)67-63(66-61)57-35-21-37-59-60(57)56-34-19-20-36-58(56)64(59,54-30-15-5-16-31-54)55-32-17-6-18-33-55/h1-43H. The molecule has 1 aliphatic rings. The largest absolute Gasteiger partial charge is 0.208 e. The summed E-state index contributed by atoms with van der Waals surface area (Å²) in [6, 6.07) is 93.0. The second-order valence-corrected chi connectivity index (χ2v) is 17.1. The molecule has 0 aliphatic heterocycles. The molecule has 0 amide bonds. The van der Waals surface area contributed by atoms with Crippen molar-refractivity contribution < 1.29 is 0 Å². The van der Waals surface area contributed by atoms with Crippen molar-refractivity contribution in [2.24, 2.45) is 0 Å². The van der Waals surface area contributed by atoms with Crippen LogP contribution in [0, 0.1) is 0 Å². The first-order valence-electron chi connectivity index (χ1n) is 22.8. The summed E-state index contributed by atoms with van der Waals surface area (Å²) >= 11 is 0. The van der Waals surface area contributed by atoms with Gasteiger partial charge in [0.1, 0.15) is 0 Å². The maximum atomic E-state index is 5.55. The summed E-state index contributed by atoms with van der Waals surface area (Å²) in [6.45, 7) is 0. The Balaban J connectivity index is 1.15. The first-order chi connectivity index (χ1) is 33.2. The molecule has 0 saturated carbocycles. The number of benzene rings is 10. The SMILES string of the molecule is c1ccc(-c2cc(-c3ccccc3)cc(-c3nc(-c4cc(-c5ccccc5)cc(-c5ccccc5)c4)nc(-c4cccc5c4-c4ccccc4C5(c4ccccc4)c4ccccc4)n3)c2)cc1. The van der Waals surface area contributed by atoms with Gasteiger partial charge in [0, 0.05) is 16.7 Å². The lowest BCUT2D eigenvalue weighted by molar-refractivity contribution is 0.768. The molecule has 0 atom stereocenters. The molecule has 314 valence electrons. The second-order valence-electron chi connectivity index (χ2n) is 17.1. The molecule has 10 aromatic carbocycles. The Labute approximate surface area is 391 Å². The van der Waals surface area contributed by atoms with Crippen molar-refractivity contribution in [1.82, 2.24) is 15.0 Å². The maximum absolute atomic E-state index is 5.55. The Kier molecular flexibility index (Phi) is 10.1. The Hall–Kier alpha value is -8.79. The summed E-state index contributed by atoms with van der Waals surface area (Å²) in [5.41, 5.74) is 18.1. The van der Waals surface area contributed by atoms with Crippen LogP contribution in [0.1, 0.15) is 22.3 Å². The van der Waals surface area contributed by atoms with Crippen molar-refractivity contribution in [3.8, 4) is 89.8 Å². The van der Waals surface area contributed by atoms with E-state index in [9.17, 15) is 0 Å². The molecule has 1 heterocycles. The van der Waals surface area contributed by atoms with Crippen LogP contribution in [-0.2, 0) is 5.41 Å². The Morgan fingerprint density at radius 3 is 0.955 bits per heavy atom. The van der Waals surface area contributed by atoms with Crippen molar-refractivity contribution in [3.05, 3.63) is 283 Å². The van der Waals surface area contributed by atoms with Gasteiger partial charge in [-0.15, -0.1) is 0 Å². The Morgan fingerprint density at radius 1 is 0.224 bits per heavy atom. The van der Waals surface area contributed by atoms with E-state index in [1.54, 1.807) is 0 Å². The first-order valence-corrected chi connectivity index (χ1v) is 22.8. The molecule has 3 heteroatoms. The third-order valence-electron chi connectivity index (χ3n) is 13.2. The van der Waals surface area contributed by atoms with E-state index in [2.05, 4.69) is 261 Å². The third kappa shape index (κ3) is 7.15. The van der Waals surface area contributed by atoms with Gasteiger partial charge < -0.3 is 0 Å². The average molecular weight is 854 g/mol. The average Bonchev–Trinajstić information content (AvgIpc) is 3.73. The topological polar surface area (TPSA) is 38.7 Å². The zero-order valence-corrected chi connectivity index (χ0v) is 36.7. The molecular weight excluding hydrogens is 811 g/mol. The van der Waals surface area contributed by atoms with Crippen LogP contribution in [0.3, 0.4) is 0 Å². The van der Waals surface area contributed by atoms with Crippen molar-refractivity contribution in [3.63, 3.8) is 0 Å². The molecule has 0 unspecified atom stereocenters. The summed E-state index contributed by atoms with van der Waals surface area (Å²) in [6.07, 6.45) is 0. The molecule has 11 aromatic rings. The highest BCUT2D eigenvalue weighted by atomic mass is 15.0. The molecule has 0 fully saturated rings. The minimum absolute atomic E-state index is 0.577. The maximum Gasteiger partial charge on any atom is 0.164 e. The van der Waals surface area contributed by atoms with E-state index >= 15 is 0 Å². The van der Waals surface area contributed by atoms with Crippen molar-refractivity contribution in [2.75, 3.05) is 0 Å². The lowest BCUT2D eigenvalue weighted by atomic mass is 9.67. The number of hydrogen-bond acceptors (Lipinski definition) is 3. The fourth-order valence-electron chi connectivity index (χ4n) is 10.1. The monoisotopic (exact) mass is 853 g/mol. The van der Waals surface area contributed by atoms with Gasteiger partial charge >= 0.3 is 0 Å². The van der Waals surface area contributed by atoms with Crippen LogP contribution in [0.2, 0.25) is 0 Å². The zero-order valence-electron chi connectivity index (χ0n) is 36.7. The van der Waals surface area contributed by atoms with Gasteiger partial charge in [-0.2, -0.15) is 0 Å². The molecule has 0 spiro atoms. The minimum atomic E-state index is -0.577. The van der Waals surface area contributed by atoms with E-state index in [1.165, 1.54) is 27.8 Å². The minimum Gasteiger partial charge on any atom is -0.208 e. The van der Waals surface area contributed by atoms with Gasteiger partial charge in [0.15, 0.2) is 17.5 Å². The molecule has 3 nitrogen and oxygen atoms in total. The van der Waals surface area contributed by atoms with E-state index < -0.39 is 5.41 Å². The summed E-state index contributed by atoms with van der Waals surface area (Å²) in [4.78, 5) is 16.6. The Bertz CT molecular complexity index is 3240. The van der Waals surface area contributed by atoms with E-state index in [0.29, 0.717) is 17.5 Å². The first kappa shape index (κ1) is 39.8. The van der Waals surface area contributed by atoms with E-state index in [0.717, 1.165) is 66.8 Å². The summed E-state index contributed by atoms with van der Waals surface area (Å²) in [7, 11) is 0. The number of hydrogen-bond donors (Lipinski definition) is 0. The Morgan fingerprint density at radius 2 is 0.537 bits per heavy atom. The number of nitrogens with zero attached hydrogens (tertiary/aromatic N) is 3. The highest BCUT2D eigenvalue weighted by Crippen LogP contribution is 2.58. The molecule has 0 bridgehead atoms. The molecule has 67 heavy (non-hydrogen) atoms. The van der Waals surface area contributed by atoms with Gasteiger partial charge in [0.2, 0.25) is 0 Å². The van der Waals surface area contributed by atoms with Crippen molar-refractivity contribution >= 4 is 0 Å². The molecule has 12 rings (SSSR count). The quantitative estimate of drug-likeness (QED) is 0.145. The molecular formula is C64H43N3. The summed E-state index contributed by atoms with van der Waals surface area (Å²) in [5, 5.41) is 0. The van der Waals surface area contributed by atoms with E-state index in [4.69, 9.17) is 15.0 Å². The highest BCUT2D eigenvalue weighted by molar-refractivity contribution is 5.95. The van der Waals surface area contributed by atoms with Crippen LogP contribution in [-0.4, -0.2) is 15.0 Å². The fraction of sp³-hybridized carbons (Fsp3) is 0.0156. The highest BCUT2D eigenvalue weighted by Gasteiger charge is 2.47. The fourth-order valence-corrected chi connectivity index (χ4v) is 10.1.